The molecule has 0 radical (unpaired) electrons. The van der Waals surface area contributed by atoms with Crippen molar-refractivity contribution >= 4 is 11.9 Å². The normalized spacial score (nSPS) is 10.4. The van der Waals surface area contributed by atoms with Crippen molar-refractivity contribution in [1.82, 2.24) is 5.32 Å². The van der Waals surface area contributed by atoms with Crippen LogP contribution in [0.25, 0.3) is 0 Å². The third-order valence-electron chi connectivity index (χ3n) is 3.60. The maximum atomic E-state index is 12.0. The summed E-state index contributed by atoms with van der Waals surface area (Å²) in [6, 6.07) is 16.7. The fourth-order valence-corrected chi connectivity index (χ4v) is 2.37. The van der Waals surface area contributed by atoms with Crippen molar-refractivity contribution in [3.05, 3.63) is 65.7 Å². The first kappa shape index (κ1) is 19.5. The van der Waals surface area contributed by atoms with Crippen LogP contribution in [0.4, 0.5) is 0 Å². The first-order valence-corrected chi connectivity index (χ1v) is 8.79. The lowest BCUT2D eigenvalue weighted by Gasteiger charge is -2.10. The second-order valence-corrected chi connectivity index (χ2v) is 6.21. The van der Waals surface area contributed by atoms with Gasteiger partial charge in [-0.25, -0.2) is 4.79 Å². The van der Waals surface area contributed by atoms with Crippen LogP contribution in [0.15, 0.2) is 54.6 Å². The molecule has 0 fully saturated rings. The number of nitrogens with one attached hydrogen (secondary N) is 1. The number of ether oxygens (including phenoxy) is 2. The zero-order valence-electron chi connectivity index (χ0n) is 15.2. The number of esters is 1. The number of aryl methyl sites for hydroxylation is 1. The SMILES string of the molecule is CC(C)Oc1ccc(C(=O)OCC(=O)NCCCc2ccccc2)cc1. The van der Waals surface area contributed by atoms with E-state index < -0.39 is 5.97 Å². The predicted octanol–water partition coefficient (Wildman–Crippen LogP) is 3.38. The Morgan fingerprint density at radius 2 is 1.69 bits per heavy atom. The molecule has 1 amide bonds. The van der Waals surface area contributed by atoms with Gasteiger partial charge in [0.2, 0.25) is 0 Å². The lowest BCUT2D eigenvalue weighted by molar-refractivity contribution is -0.124. The molecule has 1 N–H and O–H groups in total. The van der Waals surface area contributed by atoms with E-state index in [-0.39, 0.29) is 18.6 Å². The van der Waals surface area contributed by atoms with E-state index in [0.29, 0.717) is 17.9 Å². The Morgan fingerprint density at radius 3 is 2.35 bits per heavy atom. The van der Waals surface area contributed by atoms with E-state index in [1.807, 2.05) is 32.0 Å². The largest absolute Gasteiger partial charge is 0.491 e. The van der Waals surface area contributed by atoms with Crippen molar-refractivity contribution in [2.45, 2.75) is 32.8 Å². The molecule has 0 aliphatic rings. The number of rotatable bonds is 9. The molecule has 0 saturated heterocycles. The Bertz CT molecular complexity index is 696. The third kappa shape index (κ3) is 6.97. The molecular weight excluding hydrogens is 330 g/mol. The summed E-state index contributed by atoms with van der Waals surface area (Å²) in [7, 11) is 0. The summed E-state index contributed by atoms with van der Waals surface area (Å²) in [6.45, 7) is 4.13. The van der Waals surface area contributed by atoms with E-state index >= 15 is 0 Å². The van der Waals surface area contributed by atoms with Crippen LogP contribution in [0.5, 0.6) is 5.75 Å². The molecule has 0 aromatic heterocycles. The molecule has 0 unspecified atom stereocenters. The van der Waals surface area contributed by atoms with Crippen molar-refractivity contribution in [3.63, 3.8) is 0 Å². The first-order valence-electron chi connectivity index (χ1n) is 8.79. The van der Waals surface area contributed by atoms with Gasteiger partial charge in [-0.05, 0) is 56.5 Å². The van der Waals surface area contributed by atoms with Gasteiger partial charge in [0.1, 0.15) is 5.75 Å². The van der Waals surface area contributed by atoms with Crippen LogP contribution >= 0.6 is 0 Å². The number of hydrogen-bond donors (Lipinski definition) is 1. The second kappa shape index (κ2) is 10.2. The van der Waals surface area contributed by atoms with E-state index in [1.165, 1.54) is 5.56 Å². The van der Waals surface area contributed by atoms with Crippen LogP contribution in [0.1, 0.15) is 36.2 Å². The zero-order valence-corrected chi connectivity index (χ0v) is 15.2. The van der Waals surface area contributed by atoms with Crippen LogP contribution in [0.2, 0.25) is 0 Å². The Kier molecular flexibility index (Phi) is 7.68. The monoisotopic (exact) mass is 355 g/mol. The Morgan fingerprint density at radius 1 is 1.00 bits per heavy atom. The minimum atomic E-state index is -0.527. The zero-order chi connectivity index (χ0) is 18.8. The standard InChI is InChI=1S/C21H25NO4/c1-16(2)26-19-12-10-18(11-13-19)21(24)25-15-20(23)22-14-6-9-17-7-4-3-5-8-17/h3-5,7-8,10-13,16H,6,9,14-15H2,1-2H3,(H,22,23). The lowest BCUT2D eigenvalue weighted by Crippen LogP contribution is -2.29. The van der Waals surface area contributed by atoms with E-state index in [2.05, 4.69) is 17.4 Å². The highest BCUT2D eigenvalue weighted by molar-refractivity contribution is 5.91. The highest BCUT2D eigenvalue weighted by Crippen LogP contribution is 2.14. The molecular formula is C21H25NO4. The van der Waals surface area contributed by atoms with Crippen molar-refractivity contribution in [2.75, 3.05) is 13.2 Å². The van der Waals surface area contributed by atoms with Crippen molar-refractivity contribution in [1.29, 1.82) is 0 Å². The smallest absolute Gasteiger partial charge is 0.338 e. The highest BCUT2D eigenvalue weighted by atomic mass is 16.5. The molecule has 0 heterocycles. The number of benzene rings is 2. The van der Waals surface area contributed by atoms with Crippen molar-refractivity contribution < 1.29 is 19.1 Å². The van der Waals surface area contributed by atoms with Crippen LogP contribution in [-0.4, -0.2) is 31.1 Å². The van der Waals surface area contributed by atoms with Crippen LogP contribution in [-0.2, 0) is 16.0 Å². The average Bonchev–Trinajstić information content (AvgIpc) is 2.64. The molecule has 2 aromatic rings. The van der Waals surface area contributed by atoms with Gasteiger partial charge < -0.3 is 14.8 Å². The van der Waals surface area contributed by atoms with Gasteiger partial charge in [-0.2, -0.15) is 0 Å². The molecule has 0 spiro atoms. The number of carbonyl (C=O) groups is 2. The van der Waals surface area contributed by atoms with Gasteiger partial charge in [0.15, 0.2) is 6.61 Å². The lowest BCUT2D eigenvalue weighted by atomic mass is 10.1. The minimum absolute atomic E-state index is 0.0680. The van der Waals surface area contributed by atoms with Crippen LogP contribution < -0.4 is 10.1 Å². The summed E-state index contributed by atoms with van der Waals surface area (Å²) in [6.07, 6.45) is 1.80. The maximum absolute atomic E-state index is 12.0. The molecule has 2 rings (SSSR count). The molecule has 5 nitrogen and oxygen atoms in total. The average molecular weight is 355 g/mol. The number of carbonyl (C=O) groups excluding carboxylic acids is 2. The molecule has 0 bridgehead atoms. The predicted molar refractivity (Wildman–Crippen MR) is 100 cm³/mol. The first-order chi connectivity index (χ1) is 12.5. The fourth-order valence-electron chi connectivity index (χ4n) is 2.37. The number of amides is 1. The van der Waals surface area contributed by atoms with E-state index in [9.17, 15) is 9.59 Å². The fraction of sp³-hybridized carbons (Fsp3) is 0.333. The van der Waals surface area contributed by atoms with Crippen LogP contribution in [0.3, 0.4) is 0 Å². The van der Waals surface area contributed by atoms with Crippen LogP contribution in [0, 0.1) is 0 Å². The molecule has 2 aromatic carbocycles. The van der Waals surface area contributed by atoms with E-state index in [4.69, 9.17) is 9.47 Å². The molecule has 0 aliphatic heterocycles. The van der Waals surface area contributed by atoms with Gasteiger partial charge in [-0.3, -0.25) is 4.79 Å². The maximum Gasteiger partial charge on any atom is 0.338 e. The summed E-state index contributed by atoms with van der Waals surface area (Å²) in [5, 5.41) is 2.75. The van der Waals surface area contributed by atoms with Gasteiger partial charge >= 0.3 is 5.97 Å². The highest BCUT2D eigenvalue weighted by Gasteiger charge is 2.10. The van der Waals surface area contributed by atoms with Gasteiger partial charge in [0.25, 0.3) is 5.91 Å². The topological polar surface area (TPSA) is 64.6 Å². The van der Waals surface area contributed by atoms with Gasteiger partial charge in [0.05, 0.1) is 11.7 Å². The molecule has 0 atom stereocenters. The summed E-state index contributed by atoms with van der Waals surface area (Å²) < 4.78 is 10.6. The quantitative estimate of drug-likeness (QED) is 0.553. The molecule has 26 heavy (non-hydrogen) atoms. The summed E-state index contributed by atoms with van der Waals surface area (Å²) >= 11 is 0. The van der Waals surface area contributed by atoms with Crippen molar-refractivity contribution in [2.24, 2.45) is 0 Å². The number of hydrogen-bond acceptors (Lipinski definition) is 4. The van der Waals surface area contributed by atoms with Gasteiger partial charge in [0, 0.05) is 6.54 Å². The molecule has 0 aliphatic carbocycles. The third-order valence-corrected chi connectivity index (χ3v) is 3.60. The second-order valence-electron chi connectivity index (χ2n) is 6.21. The van der Waals surface area contributed by atoms with Crippen molar-refractivity contribution in [3.8, 4) is 5.75 Å². The minimum Gasteiger partial charge on any atom is -0.491 e. The molecule has 5 heteroatoms. The Hall–Kier alpha value is -2.82. The van der Waals surface area contributed by atoms with E-state index in [0.717, 1.165) is 12.8 Å². The summed E-state index contributed by atoms with van der Waals surface area (Å²) in [4.78, 5) is 23.7. The molecule has 138 valence electrons. The van der Waals surface area contributed by atoms with Gasteiger partial charge in [-0.15, -0.1) is 0 Å². The Labute approximate surface area is 154 Å². The van der Waals surface area contributed by atoms with Gasteiger partial charge in [-0.1, -0.05) is 30.3 Å². The Balaban J connectivity index is 1.65. The van der Waals surface area contributed by atoms with E-state index in [1.54, 1.807) is 24.3 Å². The molecule has 0 saturated carbocycles. The summed E-state index contributed by atoms with van der Waals surface area (Å²) in [5.41, 5.74) is 1.62. The summed E-state index contributed by atoms with van der Waals surface area (Å²) in [5.74, 6) is -0.139.